The quantitative estimate of drug-likeness (QED) is 0.892. The van der Waals surface area contributed by atoms with Crippen molar-refractivity contribution in [2.75, 3.05) is 19.6 Å². The lowest BCUT2D eigenvalue weighted by molar-refractivity contribution is -0.124. The molecule has 1 aromatic heterocycles. The first-order valence-electron chi connectivity index (χ1n) is 9.22. The Morgan fingerprint density at radius 1 is 1.26 bits per heavy atom. The zero-order valence-electron chi connectivity index (χ0n) is 15.5. The number of nitrogens with zero attached hydrogens (tertiary/aromatic N) is 2. The number of carbonyl (C=O) groups excluding carboxylic acids is 2. The van der Waals surface area contributed by atoms with E-state index >= 15 is 0 Å². The lowest BCUT2D eigenvalue weighted by Gasteiger charge is -2.23. The number of hydrogen-bond donors (Lipinski definition) is 1. The second kappa shape index (κ2) is 7.06. The van der Waals surface area contributed by atoms with Crippen LogP contribution < -0.4 is 10.1 Å². The summed E-state index contributed by atoms with van der Waals surface area (Å²) in [6, 6.07) is 7.75. The first kappa shape index (κ1) is 17.6. The van der Waals surface area contributed by atoms with E-state index in [9.17, 15) is 9.59 Å². The molecular formula is C20H23N3O4. The summed E-state index contributed by atoms with van der Waals surface area (Å²) in [5.74, 6) is 1.76. The number of rotatable bonds is 4. The van der Waals surface area contributed by atoms with Crippen molar-refractivity contribution < 1.29 is 18.8 Å². The number of nitrogens with one attached hydrogen (secondary N) is 1. The van der Waals surface area contributed by atoms with Gasteiger partial charge in [-0.3, -0.25) is 9.59 Å². The normalized spacial score (nSPS) is 21.7. The standard InChI is InChI=1S/C20H23N3O4/c1-12-3-5-16(6-4-12)26-11-17-13(2)27-22-19(17)20(25)23-9-14-7-18(24)21-8-15(14)10-23/h3-6,14-15H,7-11H2,1-2H3,(H,21,24)/t14-,15+/m0/s1. The van der Waals surface area contributed by atoms with E-state index in [1.54, 1.807) is 11.8 Å². The Hall–Kier alpha value is -2.83. The van der Waals surface area contributed by atoms with Crippen LogP contribution in [0.4, 0.5) is 0 Å². The largest absolute Gasteiger partial charge is 0.489 e. The van der Waals surface area contributed by atoms with E-state index in [1.165, 1.54) is 0 Å². The first-order valence-corrected chi connectivity index (χ1v) is 9.22. The Morgan fingerprint density at radius 2 is 2.00 bits per heavy atom. The van der Waals surface area contributed by atoms with Gasteiger partial charge in [0.15, 0.2) is 5.69 Å². The Morgan fingerprint density at radius 3 is 2.78 bits per heavy atom. The summed E-state index contributed by atoms with van der Waals surface area (Å²) in [6.07, 6.45) is 0.482. The molecule has 0 radical (unpaired) electrons. The van der Waals surface area contributed by atoms with E-state index in [2.05, 4.69) is 10.5 Å². The van der Waals surface area contributed by atoms with Gasteiger partial charge in [0.1, 0.15) is 18.1 Å². The van der Waals surface area contributed by atoms with Crippen LogP contribution >= 0.6 is 0 Å². The number of fused-ring (bicyclic) bond motifs is 1. The fourth-order valence-corrected chi connectivity index (χ4v) is 3.79. The van der Waals surface area contributed by atoms with Gasteiger partial charge in [0.25, 0.3) is 5.91 Å². The van der Waals surface area contributed by atoms with Gasteiger partial charge in [-0.2, -0.15) is 0 Å². The summed E-state index contributed by atoms with van der Waals surface area (Å²) in [7, 11) is 0. The lowest BCUT2D eigenvalue weighted by atomic mass is 9.89. The Labute approximate surface area is 157 Å². The molecule has 2 saturated heterocycles. The number of aryl methyl sites for hydroxylation is 2. The van der Waals surface area contributed by atoms with E-state index in [-0.39, 0.29) is 24.3 Å². The average molecular weight is 369 g/mol. The van der Waals surface area contributed by atoms with Gasteiger partial charge in [-0.15, -0.1) is 0 Å². The van der Waals surface area contributed by atoms with Crippen molar-refractivity contribution in [3.63, 3.8) is 0 Å². The van der Waals surface area contributed by atoms with Crippen molar-refractivity contribution in [2.24, 2.45) is 11.8 Å². The Balaban J connectivity index is 1.47. The van der Waals surface area contributed by atoms with Crippen LogP contribution in [0.15, 0.2) is 28.8 Å². The molecule has 0 saturated carbocycles. The maximum atomic E-state index is 13.0. The molecule has 142 valence electrons. The van der Waals surface area contributed by atoms with Gasteiger partial charge in [0.05, 0.1) is 5.56 Å². The first-order chi connectivity index (χ1) is 13.0. The molecule has 1 N–H and O–H groups in total. The molecule has 0 aliphatic carbocycles. The highest BCUT2D eigenvalue weighted by molar-refractivity contribution is 5.94. The van der Waals surface area contributed by atoms with Gasteiger partial charge in [-0.05, 0) is 37.8 Å². The smallest absolute Gasteiger partial charge is 0.276 e. The third-order valence-corrected chi connectivity index (χ3v) is 5.46. The third kappa shape index (κ3) is 3.54. The van der Waals surface area contributed by atoms with Crippen molar-refractivity contribution >= 4 is 11.8 Å². The molecule has 1 aromatic carbocycles. The second-order valence-electron chi connectivity index (χ2n) is 7.41. The zero-order chi connectivity index (χ0) is 19.0. The number of aromatic nitrogens is 1. The molecule has 2 aromatic rings. The van der Waals surface area contributed by atoms with Gasteiger partial charge in [0, 0.05) is 26.1 Å². The van der Waals surface area contributed by atoms with Crippen molar-refractivity contribution in [1.29, 1.82) is 0 Å². The van der Waals surface area contributed by atoms with Gasteiger partial charge in [0.2, 0.25) is 5.91 Å². The average Bonchev–Trinajstić information content (AvgIpc) is 3.24. The van der Waals surface area contributed by atoms with Gasteiger partial charge in [-0.25, -0.2) is 0 Å². The number of amides is 2. The summed E-state index contributed by atoms with van der Waals surface area (Å²) >= 11 is 0. The predicted octanol–water partition coefficient (Wildman–Crippen LogP) is 2.08. The molecule has 0 spiro atoms. The number of benzene rings is 1. The van der Waals surface area contributed by atoms with Crippen LogP contribution in [-0.4, -0.2) is 41.5 Å². The minimum absolute atomic E-state index is 0.0648. The topological polar surface area (TPSA) is 84.7 Å². The molecule has 2 aliphatic rings. The second-order valence-corrected chi connectivity index (χ2v) is 7.41. The monoisotopic (exact) mass is 369 g/mol. The lowest BCUT2D eigenvalue weighted by Crippen LogP contribution is -2.40. The van der Waals surface area contributed by atoms with E-state index in [4.69, 9.17) is 9.26 Å². The van der Waals surface area contributed by atoms with E-state index < -0.39 is 0 Å². The maximum Gasteiger partial charge on any atom is 0.276 e. The van der Waals surface area contributed by atoms with Gasteiger partial charge < -0.3 is 19.5 Å². The fourth-order valence-electron chi connectivity index (χ4n) is 3.79. The number of ether oxygens (including phenoxy) is 1. The van der Waals surface area contributed by atoms with Crippen LogP contribution in [-0.2, 0) is 11.4 Å². The summed E-state index contributed by atoms with van der Waals surface area (Å²) in [5, 5.41) is 6.87. The maximum absolute atomic E-state index is 13.0. The van der Waals surface area contributed by atoms with Crippen LogP contribution in [0, 0.1) is 25.7 Å². The van der Waals surface area contributed by atoms with Crippen LogP contribution in [0.1, 0.15) is 33.8 Å². The molecule has 7 heteroatoms. The highest BCUT2D eigenvalue weighted by Crippen LogP contribution is 2.30. The predicted molar refractivity (Wildman–Crippen MR) is 97.3 cm³/mol. The summed E-state index contributed by atoms with van der Waals surface area (Å²) in [6.45, 7) is 5.87. The molecule has 7 nitrogen and oxygen atoms in total. The van der Waals surface area contributed by atoms with Crippen molar-refractivity contribution in [2.45, 2.75) is 26.9 Å². The number of hydrogen-bond acceptors (Lipinski definition) is 5. The molecule has 0 unspecified atom stereocenters. The number of likely N-dealkylation sites (tertiary alicyclic amines) is 1. The minimum Gasteiger partial charge on any atom is -0.489 e. The van der Waals surface area contributed by atoms with E-state index in [0.29, 0.717) is 49.0 Å². The SMILES string of the molecule is Cc1ccc(OCc2c(C(=O)N3C[C@H]4CNC(=O)C[C@H]4C3)noc2C)cc1. The summed E-state index contributed by atoms with van der Waals surface area (Å²) in [4.78, 5) is 26.4. The molecule has 2 atom stereocenters. The number of piperidine rings is 1. The highest BCUT2D eigenvalue weighted by Gasteiger charge is 2.40. The highest BCUT2D eigenvalue weighted by atomic mass is 16.5. The third-order valence-electron chi connectivity index (χ3n) is 5.46. The van der Waals surface area contributed by atoms with Crippen molar-refractivity contribution in [1.82, 2.24) is 15.4 Å². The molecule has 0 bridgehead atoms. The van der Waals surface area contributed by atoms with Gasteiger partial charge in [-0.1, -0.05) is 22.9 Å². The van der Waals surface area contributed by atoms with Crippen molar-refractivity contribution in [3.8, 4) is 5.75 Å². The van der Waals surface area contributed by atoms with Crippen LogP contribution in [0.2, 0.25) is 0 Å². The van der Waals surface area contributed by atoms with Crippen LogP contribution in [0.3, 0.4) is 0 Å². The van der Waals surface area contributed by atoms with E-state index in [1.807, 2.05) is 31.2 Å². The molecule has 3 heterocycles. The molecule has 2 amide bonds. The Kier molecular flexibility index (Phi) is 4.59. The fraction of sp³-hybridized carbons (Fsp3) is 0.450. The molecule has 2 aliphatic heterocycles. The molecule has 2 fully saturated rings. The van der Waals surface area contributed by atoms with E-state index in [0.717, 1.165) is 11.3 Å². The van der Waals surface area contributed by atoms with Gasteiger partial charge >= 0.3 is 0 Å². The summed E-state index contributed by atoms with van der Waals surface area (Å²) in [5.41, 5.74) is 2.13. The molecular weight excluding hydrogens is 346 g/mol. The van der Waals surface area contributed by atoms with Crippen LogP contribution in [0.5, 0.6) is 5.75 Å². The number of carbonyl (C=O) groups is 2. The van der Waals surface area contributed by atoms with Crippen molar-refractivity contribution in [3.05, 3.63) is 46.8 Å². The molecule has 4 rings (SSSR count). The van der Waals surface area contributed by atoms with Crippen LogP contribution in [0.25, 0.3) is 0 Å². The Bertz CT molecular complexity index is 859. The summed E-state index contributed by atoms with van der Waals surface area (Å²) < 4.78 is 11.1. The minimum atomic E-state index is -0.156. The zero-order valence-corrected chi connectivity index (χ0v) is 15.5. The molecule has 27 heavy (non-hydrogen) atoms.